The van der Waals surface area contributed by atoms with Crippen LogP contribution in [-0.2, 0) is 0 Å². The minimum atomic E-state index is -0.293. The number of nitrogen functional groups attached to an aromatic ring is 1. The van der Waals surface area contributed by atoms with Crippen molar-refractivity contribution in [2.45, 2.75) is 0 Å². The van der Waals surface area contributed by atoms with Crippen molar-refractivity contribution in [3.63, 3.8) is 0 Å². The normalized spacial score (nSPS) is 10.6. The lowest BCUT2D eigenvalue weighted by Crippen LogP contribution is -1.93. The molecule has 0 amide bonds. The topological polar surface area (TPSA) is 38.9 Å². The second-order valence-corrected chi connectivity index (χ2v) is 3.51. The van der Waals surface area contributed by atoms with Gasteiger partial charge < -0.3 is 5.73 Å². The van der Waals surface area contributed by atoms with Crippen LogP contribution in [-0.4, -0.2) is 4.98 Å². The summed E-state index contributed by atoms with van der Waals surface area (Å²) in [6.07, 6.45) is 1.50. The molecule has 4 heteroatoms. The second kappa shape index (κ2) is 2.96. The molecule has 13 heavy (non-hydrogen) atoms. The number of fused-ring (bicyclic) bond motifs is 1. The highest BCUT2D eigenvalue weighted by Gasteiger charge is 2.07. The number of halogens is 2. The predicted octanol–water partition coefficient (Wildman–Crippen LogP) is 2.72. The summed E-state index contributed by atoms with van der Waals surface area (Å²) in [5, 5.41) is 1.12. The van der Waals surface area contributed by atoms with Crippen molar-refractivity contribution in [3.05, 3.63) is 34.7 Å². The number of pyridine rings is 1. The van der Waals surface area contributed by atoms with Gasteiger partial charge >= 0.3 is 0 Å². The van der Waals surface area contributed by atoms with E-state index in [2.05, 4.69) is 20.9 Å². The van der Waals surface area contributed by atoms with Crippen molar-refractivity contribution in [2.24, 2.45) is 0 Å². The summed E-state index contributed by atoms with van der Waals surface area (Å²) in [7, 11) is 0. The first-order chi connectivity index (χ1) is 6.20. The lowest BCUT2D eigenvalue weighted by Gasteiger charge is -2.03. The summed E-state index contributed by atoms with van der Waals surface area (Å²) in [6, 6.07) is 4.75. The number of nitrogens with zero attached hydrogens (tertiary/aromatic N) is 1. The number of hydrogen-bond acceptors (Lipinski definition) is 2. The van der Waals surface area contributed by atoms with Crippen LogP contribution in [0.1, 0.15) is 0 Å². The minimum absolute atomic E-state index is 0.293. The molecule has 0 unspecified atom stereocenters. The Bertz CT molecular complexity index is 462. The van der Waals surface area contributed by atoms with Crippen LogP contribution in [0.2, 0.25) is 0 Å². The quantitative estimate of drug-likeness (QED) is 0.770. The van der Waals surface area contributed by atoms with E-state index in [0.29, 0.717) is 21.1 Å². The van der Waals surface area contributed by atoms with Gasteiger partial charge in [0.2, 0.25) is 0 Å². The van der Waals surface area contributed by atoms with Crippen molar-refractivity contribution in [3.8, 4) is 0 Å². The number of nitrogens with two attached hydrogens (primary N) is 1. The van der Waals surface area contributed by atoms with E-state index < -0.39 is 0 Å². The van der Waals surface area contributed by atoms with Gasteiger partial charge in [-0.15, -0.1) is 0 Å². The van der Waals surface area contributed by atoms with E-state index in [0.717, 1.165) is 0 Å². The fraction of sp³-hybridized carbons (Fsp3) is 0. The van der Waals surface area contributed by atoms with E-state index in [1.807, 2.05) is 0 Å². The Balaban J connectivity index is 3.00. The highest BCUT2D eigenvalue weighted by atomic mass is 79.9. The third-order valence-electron chi connectivity index (χ3n) is 1.85. The SMILES string of the molecule is Nc1ncc(Br)c2c(F)cccc12. The Morgan fingerprint density at radius 1 is 1.38 bits per heavy atom. The molecule has 0 bridgehead atoms. The lowest BCUT2D eigenvalue weighted by atomic mass is 10.1. The molecule has 1 heterocycles. The van der Waals surface area contributed by atoms with E-state index in [-0.39, 0.29) is 5.82 Å². The molecule has 1 aromatic carbocycles. The van der Waals surface area contributed by atoms with Crippen LogP contribution in [0.15, 0.2) is 28.9 Å². The number of benzene rings is 1. The Hall–Kier alpha value is -1.16. The molecule has 0 spiro atoms. The number of hydrogen-bond donors (Lipinski definition) is 1. The highest BCUT2D eigenvalue weighted by Crippen LogP contribution is 2.28. The fourth-order valence-electron chi connectivity index (χ4n) is 1.24. The number of anilines is 1. The van der Waals surface area contributed by atoms with Crippen LogP contribution >= 0.6 is 15.9 Å². The monoisotopic (exact) mass is 240 g/mol. The average Bonchev–Trinajstić information content (AvgIpc) is 2.12. The fourth-order valence-corrected chi connectivity index (χ4v) is 1.75. The Morgan fingerprint density at radius 2 is 2.15 bits per heavy atom. The molecule has 0 fully saturated rings. The number of rotatable bonds is 0. The maximum Gasteiger partial charge on any atom is 0.132 e. The molecule has 0 aliphatic heterocycles. The van der Waals surface area contributed by atoms with Crippen molar-refractivity contribution >= 4 is 32.5 Å². The van der Waals surface area contributed by atoms with Gasteiger partial charge in [-0.25, -0.2) is 9.37 Å². The molecule has 2 rings (SSSR count). The molecular formula is C9H6BrFN2. The van der Waals surface area contributed by atoms with Gasteiger partial charge in [-0.3, -0.25) is 0 Å². The zero-order valence-electron chi connectivity index (χ0n) is 6.59. The van der Waals surface area contributed by atoms with Gasteiger partial charge in [0.15, 0.2) is 0 Å². The molecule has 0 aliphatic carbocycles. The third kappa shape index (κ3) is 1.27. The molecule has 0 radical (unpaired) electrons. The van der Waals surface area contributed by atoms with Gasteiger partial charge in [0.05, 0.1) is 0 Å². The third-order valence-corrected chi connectivity index (χ3v) is 2.45. The average molecular weight is 241 g/mol. The summed E-state index contributed by atoms with van der Waals surface area (Å²) in [5.41, 5.74) is 5.60. The summed E-state index contributed by atoms with van der Waals surface area (Å²) in [5.74, 6) is 0.0520. The molecule has 1 aromatic heterocycles. The van der Waals surface area contributed by atoms with E-state index in [1.165, 1.54) is 12.3 Å². The molecular weight excluding hydrogens is 235 g/mol. The zero-order chi connectivity index (χ0) is 9.42. The van der Waals surface area contributed by atoms with Crippen molar-refractivity contribution < 1.29 is 4.39 Å². The van der Waals surface area contributed by atoms with Crippen LogP contribution in [0.4, 0.5) is 10.2 Å². The Morgan fingerprint density at radius 3 is 2.85 bits per heavy atom. The second-order valence-electron chi connectivity index (χ2n) is 2.65. The molecule has 0 atom stereocenters. The van der Waals surface area contributed by atoms with E-state index in [1.54, 1.807) is 12.1 Å². The van der Waals surface area contributed by atoms with Crippen LogP contribution < -0.4 is 5.73 Å². The first-order valence-electron chi connectivity index (χ1n) is 3.68. The first-order valence-corrected chi connectivity index (χ1v) is 4.47. The first kappa shape index (κ1) is 8.44. The molecule has 2 N–H and O–H groups in total. The van der Waals surface area contributed by atoms with Gasteiger partial charge in [-0.05, 0) is 22.0 Å². The Kier molecular flexibility index (Phi) is 1.92. The van der Waals surface area contributed by atoms with Crippen molar-refractivity contribution in [1.29, 1.82) is 0 Å². The zero-order valence-corrected chi connectivity index (χ0v) is 8.18. The maximum atomic E-state index is 13.3. The summed E-state index contributed by atoms with van der Waals surface area (Å²) in [6.45, 7) is 0. The van der Waals surface area contributed by atoms with E-state index in [9.17, 15) is 4.39 Å². The smallest absolute Gasteiger partial charge is 0.132 e. The molecule has 0 aliphatic rings. The Labute approximate surface area is 82.7 Å². The minimum Gasteiger partial charge on any atom is -0.383 e. The molecule has 2 aromatic rings. The summed E-state index contributed by atoms with van der Waals surface area (Å²) in [4.78, 5) is 3.91. The van der Waals surface area contributed by atoms with Crippen LogP contribution in [0.3, 0.4) is 0 Å². The summed E-state index contributed by atoms with van der Waals surface area (Å²) >= 11 is 3.22. The van der Waals surface area contributed by atoms with Crippen LogP contribution in [0.25, 0.3) is 10.8 Å². The lowest BCUT2D eigenvalue weighted by molar-refractivity contribution is 0.639. The van der Waals surface area contributed by atoms with Gasteiger partial charge in [0.25, 0.3) is 0 Å². The van der Waals surface area contributed by atoms with Crippen LogP contribution in [0, 0.1) is 5.82 Å². The number of aromatic nitrogens is 1. The predicted molar refractivity (Wildman–Crippen MR) is 53.8 cm³/mol. The molecule has 0 saturated carbocycles. The molecule has 66 valence electrons. The van der Waals surface area contributed by atoms with Gasteiger partial charge in [0, 0.05) is 21.4 Å². The molecule has 0 saturated heterocycles. The van der Waals surface area contributed by atoms with Gasteiger partial charge in [-0.2, -0.15) is 0 Å². The standard InChI is InChI=1S/C9H6BrFN2/c10-6-4-13-9(12)5-2-1-3-7(11)8(5)6/h1-4H,(H2,12,13). The van der Waals surface area contributed by atoms with E-state index in [4.69, 9.17) is 5.73 Å². The van der Waals surface area contributed by atoms with Gasteiger partial charge in [-0.1, -0.05) is 12.1 Å². The largest absolute Gasteiger partial charge is 0.383 e. The molecule has 2 nitrogen and oxygen atoms in total. The van der Waals surface area contributed by atoms with Crippen molar-refractivity contribution in [2.75, 3.05) is 5.73 Å². The van der Waals surface area contributed by atoms with Crippen LogP contribution in [0.5, 0.6) is 0 Å². The summed E-state index contributed by atoms with van der Waals surface area (Å²) < 4.78 is 13.9. The maximum absolute atomic E-state index is 13.3. The van der Waals surface area contributed by atoms with E-state index >= 15 is 0 Å². The highest BCUT2D eigenvalue weighted by molar-refractivity contribution is 9.10. The van der Waals surface area contributed by atoms with Crippen molar-refractivity contribution in [1.82, 2.24) is 4.98 Å². The van der Waals surface area contributed by atoms with Gasteiger partial charge in [0.1, 0.15) is 11.6 Å².